The lowest BCUT2D eigenvalue weighted by molar-refractivity contribution is -0.140. The first-order chi connectivity index (χ1) is 9.32. The van der Waals surface area contributed by atoms with Gasteiger partial charge in [0.05, 0.1) is 12.7 Å². The maximum atomic E-state index is 11.7. The zero-order valence-corrected chi connectivity index (χ0v) is 14.1. The van der Waals surface area contributed by atoms with E-state index in [1.54, 1.807) is 20.8 Å². The molecular formula is C15H29NO5. The van der Waals surface area contributed by atoms with Crippen LogP contribution in [0.2, 0.25) is 0 Å². The van der Waals surface area contributed by atoms with Gasteiger partial charge in [0.15, 0.2) is 0 Å². The molecule has 0 saturated carbocycles. The number of alkyl carbamates (subject to hydrolysis) is 1. The molecule has 0 aliphatic carbocycles. The fraction of sp³-hybridized carbons (Fsp3) is 0.867. The number of rotatable bonds is 7. The van der Waals surface area contributed by atoms with Gasteiger partial charge in [-0.3, -0.25) is 0 Å². The van der Waals surface area contributed by atoms with Crippen LogP contribution in [0.3, 0.4) is 0 Å². The maximum Gasteiger partial charge on any atom is 0.408 e. The van der Waals surface area contributed by atoms with Crippen molar-refractivity contribution in [1.29, 1.82) is 0 Å². The van der Waals surface area contributed by atoms with Crippen LogP contribution in [0.4, 0.5) is 4.79 Å². The number of carbonyl (C=O) groups excluding carboxylic acids is 1. The second-order valence-electron chi connectivity index (χ2n) is 7.27. The number of aliphatic carboxylic acids is 1. The Morgan fingerprint density at radius 3 is 2.05 bits per heavy atom. The molecule has 0 heterocycles. The second-order valence-corrected chi connectivity index (χ2v) is 7.27. The molecular weight excluding hydrogens is 274 g/mol. The molecule has 0 radical (unpaired) electrons. The molecule has 0 saturated heterocycles. The van der Waals surface area contributed by atoms with E-state index in [9.17, 15) is 14.7 Å². The SMILES string of the molecule is CC(C)OCC(C)(C)C[C@H](NC(=O)OC(C)(C)C)C(=O)O. The van der Waals surface area contributed by atoms with Gasteiger partial charge in [0.2, 0.25) is 0 Å². The van der Waals surface area contributed by atoms with E-state index in [4.69, 9.17) is 9.47 Å². The molecule has 1 amide bonds. The second kappa shape index (κ2) is 7.64. The number of nitrogens with one attached hydrogen (secondary N) is 1. The first-order valence-corrected chi connectivity index (χ1v) is 7.16. The van der Waals surface area contributed by atoms with Crippen molar-refractivity contribution in [2.45, 2.75) is 72.6 Å². The lowest BCUT2D eigenvalue weighted by Crippen LogP contribution is -2.46. The van der Waals surface area contributed by atoms with Gasteiger partial charge in [0.1, 0.15) is 11.6 Å². The summed E-state index contributed by atoms with van der Waals surface area (Å²) in [5.41, 5.74) is -1.04. The summed E-state index contributed by atoms with van der Waals surface area (Å²) in [4.78, 5) is 23.0. The van der Waals surface area contributed by atoms with Gasteiger partial charge in [-0.15, -0.1) is 0 Å². The van der Waals surface area contributed by atoms with Crippen molar-refractivity contribution in [3.63, 3.8) is 0 Å². The van der Waals surface area contributed by atoms with Gasteiger partial charge in [0, 0.05) is 0 Å². The molecule has 0 spiro atoms. The standard InChI is InChI=1S/C15H29NO5/c1-10(2)20-9-15(6,7)8-11(12(17)18)16-13(19)21-14(3,4)5/h10-11H,8-9H2,1-7H3,(H,16,19)(H,17,18)/t11-/m0/s1. The fourth-order valence-corrected chi connectivity index (χ4v) is 1.65. The van der Waals surface area contributed by atoms with Crippen LogP contribution in [0.25, 0.3) is 0 Å². The van der Waals surface area contributed by atoms with Gasteiger partial charge in [0.25, 0.3) is 0 Å². The Labute approximate surface area is 127 Å². The normalized spacial score (nSPS) is 13.9. The Bertz CT molecular complexity index is 358. The Hall–Kier alpha value is -1.30. The van der Waals surface area contributed by atoms with Crippen molar-refractivity contribution in [2.24, 2.45) is 5.41 Å². The van der Waals surface area contributed by atoms with Gasteiger partial charge in [-0.2, -0.15) is 0 Å². The molecule has 1 atom stereocenters. The predicted molar refractivity (Wildman–Crippen MR) is 80.3 cm³/mol. The van der Waals surface area contributed by atoms with Crippen molar-refractivity contribution in [3.8, 4) is 0 Å². The zero-order valence-electron chi connectivity index (χ0n) is 14.1. The van der Waals surface area contributed by atoms with Crippen molar-refractivity contribution < 1.29 is 24.2 Å². The molecule has 2 N–H and O–H groups in total. The van der Waals surface area contributed by atoms with E-state index in [1.165, 1.54) is 0 Å². The molecule has 6 heteroatoms. The molecule has 21 heavy (non-hydrogen) atoms. The highest BCUT2D eigenvalue weighted by molar-refractivity contribution is 5.80. The van der Waals surface area contributed by atoms with Crippen LogP contribution >= 0.6 is 0 Å². The number of hydrogen-bond donors (Lipinski definition) is 2. The van der Waals surface area contributed by atoms with Gasteiger partial charge < -0.3 is 19.9 Å². The van der Waals surface area contributed by atoms with Crippen LogP contribution in [-0.2, 0) is 14.3 Å². The minimum absolute atomic E-state index is 0.0753. The van der Waals surface area contributed by atoms with Crippen LogP contribution in [0, 0.1) is 5.41 Å². The summed E-state index contributed by atoms with van der Waals surface area (Å²) in [7, 11) is 0. The molecule has 0 aliphatic rings. The quantitative estimate of drug-likeness (QED) is 0.755. The smallest absolute Gasteiger partial charge is 0.408 e. The van der Waals surface area contributed by atoms with Crippen LogP contribution in [-0.4, -0.2) is 41.5 Å². The molecule has 0 aromatic rings. The van der Waals surface area contributed by atoms with Crippen molar-refractivity contribution in [1.82, 2.24) is 5.32 Å². The largest absolute Gasteiger partial charge is 0.480 e. The summed E-state index contributed by atoms with van der Waals surface area (Å²) in [6.45, 7) is 13.2. The highest BCUT2D eigenvalue weighted by atomic mass is 16.6. The lowest BCUT2D eigenvalue weighted by atomic mass is 9.86. The summed E-state index contributed by atoms with van der Waals surface area (Å²) in [6, 6.07) is -1.01. The maximum absolute atomic E-state index is 11.7. The summed E-state index contributed by atoms with van der Waals surface area (Å²) >= 11 is 0. The lowest BCUT2D eigenvalue weighted by Gasteiger charge is -2.29. The summed E-state index contributed by atoms with van der Waals surface area (Å²) in [5, 5.41) is 11.7. The molecule has 0 aliphatic heterocycles. The Kier molecular flexibility index (Phi) is 7.16. The topological polar surface area (TPSA) is 84.9 Å². The van der Waals surface area contributed by atoms with Gasteiger partial charge >= 0.3 is 12.1 Å². The van der Waals surface area contributed by atoms with E-state index in [2.05, 4.69) is 5.32 Å². The molecule has 0 fully saturated rings. The van der Waals surface area contributed by atoms with Crippen LogP contribution < -0.4 is 5.32 Å². The number of amides is 1. The van der Waals surface area contributed by atoms with Crippen LogP contribution in [0.1, 0.15) is 54.9 Å². The highest BCUT2D eigenvalue weighted by Gasteiger charge is 2.31. The minimum Gasteiger partial charge on any atom is -0.480 e. The third-order valence-electron chi connectivity index (χ3n) is 2.55. The molecule has 0 aromatic heterocycles. The summed E-state index contributed by atoms with van der Waals surface area (Å²) in [5.74, 6) is -1.08. The van der Waals surface area contributed by atoms with Crippen molar-refractivity contribution in [2.75, 3.05) is 6.61 Å². The third-order valence-corrected chi connectivity index (χ3v) is 2.55. The average Bonchev–Trinajstić information content (AvgIpc) is 2.22. The van der Waals surface area contributed by atoms with E-state index in [0.29, 0.717) is 6.61 Å². The number of carboxylic acids is 1. The van der Waals surface area contributed by atoms with E-state index in [0.717, 1.165) is 0 Å². The molecule has 0 rings (SSSR count). The number of carboxylic acid groups (broad SMARTS) is 1. The highest BCUT2D eigenvalue weighted by Crippen LogP contribution is 2.24. The summed E-state index contributed by atoms with van der Waals surface area (Å²) in [6.07, 6.45) is -0.393. The monoisotopic (exact) mass is 303 g/mol. The Morgan fingerprint density at radius 2 is 1.67 bits per heavy atom. The number of hydrogen-bond acceptors (Lipinski definition) is 4. The first-order valence-electron chi connectivity index (χ1n) is 7.16. The minimum atomic E-state index is -1.08. The Morgan fingerprint density at radius 1 is 1.14 bits per heavy atom. The fourth-order valence-electron chi connectivity index (χ4n) is 1.65. The molecule has 124 valence electrons. The molecule has 0 unspecified atom stereocenters. The zero-order chi connectivity index (χ0) is 16.8. The van der Waals surface area contributed by atoms with Crippen molar-refractivity contribution >= 4 is 12.1 Å². The van der Waals surface area contributed by atoms with Gasteiger partial charge in [-0.05, 0) is 46.5 Å². The third kappa shape index (κ3) is 10.1. The van der Waals surface area contributed by atoms with Crippen LogP contribution in [0.15, 0.2) is 0 Å². The summed E-state index contributed by atoms with van der Waals surface area (Å²) < 4.78 is 10.6. The predicted octanol–water partition coefficient (Wildman–Crippen LogP) is 2.81. The van der Waals surface area contributed by atoms with Gasteiger partial charge in [-0.25, -0.2) is 9.59 Å². The molecule has 0 bridgehead atoms. The van der Waals surface area contributed by atoms with E-state index < -0.39 is 23.7 Å². The average molecular weight is 303 g/mol. The van der Waals surface area contributed by atoms with E-state index >= 15 is 0 Å². The first kappa shape index (κ1) is 19.7. The van der Waals surface area contributed by atoms with E-state index in [1.807, 2.05) is 27.7 Å². The van der Waals surface area contributed by atoms with E-state index in [-0.39, 0.29) is 17.9 Å². The molecule has 0 aromatic carbocycles. The number of ether oxygens (including phenoxy) is 2. The van der Waals surface area contributed by atoms with Gasteiger partial charge in [-0.1, -0.05) is 13.8 Å². The van der Waals surface area contributed by atoms with Crippen molar-refractivity contribution in [3.05, 3.63) is 0 Å². The Balaban J connectivity index is 4.62. The molecule has 6 nitrogen and oxygen atoms in total. The van der Waals surface area contributed by atoms with Crippen LogP contribution in [0.5, 0.6) is 0 Å². The number of carbonyl (C=O) groups is 2.